The van der Waals surface area contributed by atoms with Crippen LogP contribution in [0.1, 0.15) is 34.1 Å². The molecule has 0 saturated heterocycles. The lowest BCUT2D eigenvalue weighted by Gasteiger charge is -2.19. The molecule has 2 aromatic heterocycles. The third-order valence-electron chi connectivity index (χ3n) is 5.06. The highest BCUT2D eigenvalue weighted by Crippen LogP contribution is 2.29. The van der Waals surface area contributed by atoms with E-state index < -0.39 is 22.8 Å². The zero-order valence-electron chi connectivity index (χ0n) is 19.2. The van der Waals surface area contributed by atoms with Crippen LogP contribution in [-0.4, -0.2) is 35.8 Å². The summed E-state index contributed by atoms with van der Waals surface area (Å²) in [4.78, 5) is 0. The molecule has 0 radical (unpaired) electrons. The SMILES string of the molecule is CC(C)(O)CCn1ncc2cc(Br)c(F)cc21.CC(C)(O)Cn1ccc2cc(Br)c(F)c(F)c21. The van der Waals surface area contributed by atoms with Gasteiger partial charge in [-0.3, -0.25) is 4.68 Å². The number of fused-ring (bicyclic) bond motifs is 2. The highest BCUT2D eigenvalue weighted by Gasteiger charge is 2.19. The van der Waals surface area contributed by atoms with Crippen LogP contribution in [0.4, 0.5) is 13.2 Å². The van der Waals surface area contributed by atoms with Gasteiger partial charge in [0.05, 0.1) is 43.9 Å². The third-order valence-corrected chi connectivity index (χ3v) is 6.25. The minimum atomic E-state index is -0.984. The quantitative estimate of drug-likeness (QED) is 0.254. The molecule has 0 saturated carbocycles. The Morgan fingerprint density at radius 2 is 1.56 bits per heavy atom. The van der Waals surface area contributed by atoms with E-state index in [1.807, 2.05) is 0 Å². The van der Waals surface area contributed by atoms with E-state index in [2.05, 4.69) is 37.0 Å². The van der Waals surface area contributed by atoms with Crippen LogP contribution in [-0.2, 0) is 13.1 Å². The summed E-state index contributed by atoms with van der Waals surface area (Å²) in [6.45, 7) is 7.49. The van der Waals surface area contributed by atoms with Crippen molar-refractivity contribution in [3.63, 3.8) is 0 Å². The molecule has 0 amide bonds. The molecule has 0 atom stereocenters. The first-order valence-electron chi connectivity index (χ1n) is 10.5. The van der Waals surface area contributed by atoms with Crippen LogP contribution < -0.4 is 0 Å². The zero-order valence-corrected chi connectivity index (χ0v) is 22.4. The number of aliphatic hydroxyl groups is 2. The second kappa shape index (κ2) is 10.0. The Hall–Kier alpha value is -1.88. The van der Waals surface area contributed by atoms with Crippen molar-refractivity contribution in [3.05, 3.63) is 63.1 Å². The molecule has 4 aromatic rings. The van der Waals surface area contributed by atoms with E-state index >= 15 is 0 Å². The second-order valence-corrected chi connectivity index (χ2v) is 11.1. The lowest BCUT2D eigenvalue weighted by molar-refractivity contribution is 0.0625. The predicted molar refractivity (Wildman–Crippen MR) is 134 cm³/mol. The van der Waals surface area contributed by atoms with Gasteiger partial charge in [-0.05, 0) is 84.2 Å². The van der Waals surface area contributed by atoms with E-state index in [0.717, 1.165) is 10.9 Å². The Labute approximate surface area is 212 Å². The van der Waals surface area contributed by atoms with Crippen molar-refractivity contribution in [1.29, 1.82) is 0 Å². The summed E-state index contributed by atoms with van der Waals surface area (Å²) >= 11 is 6.11. The molecule has 4 rings (SSSR count). The van der Waals surface area contributed by atoms with Crippen molar-refractivity contribution in [3.8, 4) is 0 Å². The third kappa shape index (κ3) is 6.41. The van der Waals surface area contributed by atoms with Gasteiger partial charge in [0.15, 0.2) is 11.6 Å². The Kier molecular flexibility index (Phi) is 7.86. The molecule has 184 valence electrons. The first-order valence-corrected chi connectivity index (χ1v) is 12.1. The fourth-order valence-electron chi connectivity index (χ4n) is 3.45. The minimum Gasteiger partial charge on any atom is -0.390 e. The summed E-state index contributed by atoms with van der Waals surface area (Å²) in [5.74, 6) is -2.11. The van der Waals surface area contributed by atoms with Crippen LogP contribution in [0.5, 0.6) is 0 Å². The largest absolute Gasteiger partial charge is 0.390 e. The van der Waals surface area contributed by atoms with Gasteiger partial charge in [0.2, 0.25) is 0 Å². The van der Waals surface area contributed by atoms with E-state index in [1.165, 1.54) is 16.7 Å². The van der Waals surface area contributed by atoms with Crippen LogP contribution in [0, 0.1) is 17.5 Å². The van der Waals surface area contributed by atoms with Crippen molar-refractivity contribution in [1.82, 2.24) is 14.3 Å². The molecule has 0 aliphatic carbocycles. The Balaban J connectivity index is 0.000000191. The molecule has 5 nitrogen and oxygen atoms in total. The van der Waals surface area contributed by atoms with Gasteiger partial charge in [-0.2, -0.15) is 5.10 Å². The standard InChI is InChI=1S/C12H12BrF2NO.C12H14BrFN2O/c1-12(2,17)6-16-4-3-7-5-8(13)9(14)10(15)11(7)16;1-12(2,17)3-4-16-11-6-10(14)9(13)5-8(11)7-15-16/h3-5,17H,6H2,1-2H3;5-7,17H,3-4H2,1-2H3. The van der Waals surface area contributed by atoms with E-state index in [4.69, 9.17) is 0 Å². The van der Waals surface area contributed by atoms with Crippen molar-refractivity contribution in [2.24, 2.45) is 0 Å². The Bertz CT molecular complexity index is 1320. The van der Waals surface area contributed by atoms with Crippen LogP contribution >= 0.6 is 31.9 Å². The first-order chi connectivity index (χ1) is 15.7. The van der Waals surface area contributed by atoms with Gasteiger partial charge < -0.3 is 14.8 Å². The lowest BCUT2D eigenvalue weighted by atomic mass is 10.1. The highest BCUT2D eigenvalue weighted by atomic mass is 79.9. The molecule has 0 aliphatic rings. The monoisotopic (exact) mass is 603 g/mol. The van der Waals surface area contributed by atoms with Crippen LogP contribution in [0.25, 0.3) is 21.8 Å². The molecule has 2 aromatic carbocycles. The van der Waals surface area contributed by atoms with Crippen LogP contribution in [0.3, 0.4) is 0 Å². The predicted octanol–water partition coefficient (Wildman–Crippen LogP) is 6.55. The van der Waals surface area contributed by atoms with E-state index in [0.29, 0.717) is 22.8 Å². The molecule has 34 heavy (non-hydrogen) atoms. The van der Waals surface area contributed by atoms with Crippen molar-refractivity contribution < 1.29 is 23.4 Å². The maximum Gasteiger partial charge on any atom is 0.184 e. The fourth-order valence-corrected chi connectivity index (χ4v) is 4.23. The molecule has 0 spiro atoms. The van der Waals surface area contributed by atoms with E-state index in [1.54, 1.807) is 56.9 Å². The average molecular weight is 605 g/mol. The molecule has 2 N–H and O–H groups in total. The summed E-state index contributed by atoms with van der Waals surface area (Å²) in [5.41, 5.74) is -0.809. The number of aryl methyl sites for hydroxylation is 1. The van der Waals surface area contributed by atoms with Gasteiger partial charge in [-0.25, -0.2) is 13.2 Å². The molecule has 0 unspecified atom stereocenters. The molecule has 0 fully saturated rings. The number of aromatic nitrogens is 3. The van der Waals surface area contributed by atoms with Gasteiger partial charge in [0.25, 0.3) is 0 Å². The van der Waals surface area contributed by atoms with Gasteiger partial charge in [0.1, 0.15) is 5.82 Å². The number of halogens is 5. The fraction of sp³-hybridized carbons (Fsp3) is 0.375. The number of hydrogen-bond donors (Lipinski definition) is 2. The number of benzene rings is 2. The van der Waals surface area contributed by atoms with Gasteiger partial charge >= 0.3 is 0 Å². The van der Waals surface area contributed by atoms with Crippen molar-refractivity contribution in [2.75, 3.05) is 0 Å². The average Bonchev–Trinajstić information content (AvgIpc) is 3.27. The Morgan fingerprint density at radius 3 is 2.18 bits per heavy atom. The highest BCUT2D eigenvalue weighted by molar-refractivity contribution is 9.10. The van der Waals surface area contributed by atoms with Gasteiger partial charge in [-0.15, -0.1) is 0 Å². The number of nitrogens with zero attached hydrogens (tertiary/aromatic N) is 3. The van der Waals surface area contributed by atoms with E-state index in [-0.39, 0.29) is 22.4 Å². The summed E-state index contributed by atoms with van der Waals surface area (Å²) in [7, 11) is 0. The Morgan fingerprint density at radius 1 is 0.912 bits per heavy atom. The molecular formula is C24H26Br2F3N3O2. The molecule has 0 bridgehead atoms. The lowest BCUT2D eigenvalue weighted by Crippen LogP contribution is -2.25. The summed E-state index contributed by atoms with van der Waals surface area (Å²) < 4.78 is 44.5. The molecule has 0 aliphatic heterocycles. The molecule has 2 heterocycles. The normalized spacial score (nSPS) is 12.3. The maximum absolute atomic E-state index is 13.8. The topological polar surface area (TPSA) is 63.2 Å². The van der Waals surface area contributed by atoms with Gasteiger partial charge in [0, 0.05) is 29.6 Å². The smallest absolute Gasteiger partial charge is 0.184 e. The number of hydrogen-bond acceptors (Lipinski definition) is 3. The second-order valence-electron chi connectivity index (χ2n) is 9.44. The van der Waals surface area contributed by atoms with Crippen LogP contribution in [0.2, 0.25) is 0 Å². The van der Waals surface area contributed by atoms with Crippen molar-refractivity contribution in [2.45, 2.75) is 58.4 Å². The minimum absolute atomic E-state index is 0.100. The molecular weight excluding hydrogens is 579 g/mol. The van der Waals surface area contributed by atoms with Gasteiger partial charge in [-0.1, -0.05) is 0 Å². The summed E-state index contributed by atoms with van der Waals surface area (Å²) in [6, 6.07) is 6.37. The summed E-state index contributed by atoms with van der Waals surface area (Å²) in [5, 5.41) is 25.1. The van der Waals surface area contributed by atoms with Crippen LogP contribution in [0.15, 0.2) is 45.6 Å². The van der Waals surface area contributed by atoms with Crippen molar-refractivity contribution >= 4 is 53.7 Å². The number of rotatable bonds is 5. The van der Waals surface area contributed by atoms with E-state index in [9.17, 15) is 23.4 Å². The zero-order chi connectivity index (χ0) is 25.4. The summed E-state index contributed by atoms with van der Waals surface area (Å²) in [6.07, 6.45) is 3.91. The maximum atomic E-state index is 13.8. The molecule has 10 heteroatoms. The first kappa shape index (κ1) is 26.7.